The van der Waals surface area contributed by atoms with Gasteiger partial charge >= 0.3 is 0 Å². The van der Waals surface area contributed by atoms with Gasteiger partial charge in [-0.3, -0.25) is 4.79 Å². The van der Waals surface area contributed by atoms with Crippen LogP contribution >= 0.6 is 0 Å². The van der Waals surface area contributed by atoms with E-state index in [1.165, 1.54) is 25.7 Å². The van der Waals surface area contributed by atoms with Gasteiger partial charge < -0.3 is 5.11 Å². The van der Waals surface area contributed by atoms with Crippen LogP contribution < -0.4 is 0 Å². The molecule has 0 saturated carbocycles. The van der Waals surface area contributed by atoms with Gasteiger partial charge in [-0.25, -0.2) is 0 Å². The summed E-state index contributed by atoms with van der Waals surface area (Å²) in [6.45, 7) is 2.20. The summed E-state index contributed by atoms with van der Waals surface area (Å²) in [7, 11) is 0. The molecule has 2 nitrogen and oxygen atoms in total. The Bertz CT molecular complexity index is 245. The molecule has 1 aliphatic carbocycles. The molecule has 92 valence electrons. The van der Waals surface area contributed by atoms with E-state index in [1.54, 1.807) is 6.08 Å². The van der Waals surface area contributed by atoms with Crippen LogP contribution in [0.25, 0.3) is 0 Å². The first-order valence-corrected chi connectivity index (χ1v) is 6.62. The van der Waals surface area contributed by atoms with Gasteiger partial charge in [0.1, 0.15) is 5.60 Å². The van der Waals surface area contributed by atoms with E-state index in [0.717, 1.165) is 19.3 Å². The third kappa shape index (κ3) is 4.09. The maximum Gasteiger partial charge on any atom is 0.168 e. The molecule has 0 aliphatic heterocycles. The minimum absolute atomic E-state index is 0.0109. The Balaban J connectivity index is 2.09. The van der Waals surface area contributed by atoms with Crippen LogP contribution in [0.1, 0.15) is 64.7 Å². The molecule has 0 radical (unpaired) electrons. The molecule has 0 aromatic carbocycles. The molecule has 0 aromatic heterocycles. The normalized spacial score (nSPS) is 23.9. The standard InChI is InChI=1S/C14H24O2/c1-2-3-4-5-6-7-10-13(15)14(16)11-8-9-12-14/h8,11,16H,2-7,9-10,12H2,1H3. The van der Waals surface area contributed by atoms with Crippen molar-refractivity contribution in [2.45, 2.75) is 70.3 Å². The minimum Gasteiger partial charge on any atom is -0.378 e. The highest BCUT2D eigenvalue weighted by Crippen LogP contribution is 2.25. The Morgan fingerprint density at radius 3 is 2.56 bits per heavy atom. The molecule has 0 aromatic rings. The molecule has 0 heterocycles. The van der Waals surface area contributed by atoms with Gasteiger partial charge in [-0.15, -0.1) is 0 Å². The quantitative estimate of drug-likeness (QED) is 0.507. The molecule has 0 fully saturated rings. The van der Waals surface area contributed by atoms with E-state index < -0.39 is 5.60 Å². The number of allylic oxidation sites excluding steroid dienone is 1. The Labute approximate surface area is 98.7 Å². The SMILES string of the molecule is CCCCCCCCC(=O)C1(O)C=CCC1. The second-order valence-corrected chi connectivity index (χ2v) is 4.81. The molecule has 1 aliphatic rings. The van der Waals surface area contributed by atoms with Gasteiger partial charge in [0.15, 0.2) is 5.78 Å². The summed E-state index contributed by atoms with van der Waals surface area (Å²) in [5, 5.41) is 9.96. The van der Waals surface area contributed by atoms with E-state index in [2.05, 4.69) is 6.92 Å². The van der Waals surface area contributed by atoms with Crippen LogP contribution in [-0.4, -0.2) is 16.5 Å². The fourth-order valence-corrected chi connectivity index (χ4v) is 2.18. The van der Waals surface area contributed by atoms with Gasteiger partial charge in [0.25, 0.3) is 0 Å². The summed E-state index contributed by atoms with van der Waals surface area (Å²) in [6.07, 6.45) is 12.6. The zero-order valence-corrected chi connectivity index (χ0v) is 10.4. The molecular formula is C14H24O2. The van der Waals surface area contributed by atoms with Crippen molar-refractivity contribution >= 4 is 5.78 Å². The average Bonchev–Trinajstić information content (AvgIpc) is 2.71. The van der Waals surface area contributed by atoms with Gasteiger partial charge in [-0.05, 0) is 25.3 Å². The molecular weight excluding hydrogens is 200 g/mol. The number of hydrogen-bond acceptors (Lipinski definition) is 2. The van der Waals surface area contributed by atoms with Crippen molar-refractivity contribution in [3.63, 3.8) is 0 Å². The molecule has 0 spiro atoms. The Morgan fingerprint density at radius 2 is 1.94 bits per heavy atom. The van der Waals surface area contributed by atoms with Crippen molar-refractivity contribution in [1.29, 1.82) is 0 Å². The zero-order valence-electron chi connectivity index (χ0n) is 10.4. The number of ketones is 1. The number of carbonyl (C=O) groups is 1. The Morgan fingerprint density at radius 1 is 1.25 bits per heavy atom. The first-order chi connectivity index (χ1) is 7.69. The summed E-state index contributed by atoms with van der Waals surface area (Å²) >= 11 is 0. The zero-order chi connectivity index (χ0) is 11.9. The number of Topliss-reactive ketones (excluding diaryl/α,β-unsaturated/α-hetero) is 1. The number of aliphatic hydroxyl groups is 1. The first kappa shape index (κ1) is 13.4. The van der Waals surface area contributed by atoms with Crippen LogP contribution in [-0.2, 0) is 4.79 Å². The van der Waals surface area contributed by atoms with E-state index in [1.807, 2.05) is 6.08 Å². The smallest absolute Gasteiger partial charge is 0.168 e. The number of rotatable bonds is 8. The van der Waals surface area contributed by atoms with Gasteiger partial charge in [0, 0.05) is 6.42 Å². The van der Waals surface area contributed by atoms with Crippen molar-refractivity contribution in [2.24, 2.45) is 0 Å². The lowest BCUT2D eigenvalue weighted by atomic mass is 9.93. The highest BCUT2D eigenvalue weighted by atomic mass is 16.3. The van der Waals surface area contributed by atoms with Crippen molar-refractivity contribution < 1.29 is 9.90 Å². The minimum atomic E-state index is -1.12. The summed E-state index contributed by atoms with van der Waals surface area (Å²) in [5.41, 5.74) is -1.12. The number of carbonyl (C=O) groups excluding carboxylic acids is 1. The topological polar surface area (TPSA) is 37.3 Å². The fraction of sp³-hybridized carbons (Fsp3) is 0.786. The van der Waals surface area contributed by atoms with Gasteiger partial charge in [-0.2, -0.15) is 0 Å². The van der Waals surface area contributed by atoms with Crippen molar-refractivity contribution in [2.75, 3.05) is 0 Å². The van der Waals surface area contributed by atoms with Crippen LogP contribution in [0, 0.1) is 0 Å². The van der Waals surface area contributed by atoms with E-state index in [4.69, 9.17) is 0 Å². The monoisotopic (exact) mass is 224 g/mol. The van der Waals surface area contributed by atoms with Crippen LogP contribution in [0.3, 0.4) is 0 Å². The highest BCUT2D eigenvalue weighted by molar-refractivity contribution is 5.89. The predicted molar refractivity (Wildman–Crippen MR) is 66.3 cm³/mol. The number of hydrogen-bond donors (Lipinski definition) is 1. The molecule has 0 bridgehead atoms. The fourth-order valence-electron chi connectivity index (χ4n) is 2.18. The van der Waals surface area contributed by atoms with E-state index in [9.17, 15) is 9.90 Å². The van der Waals surface area contributed by atoms with Crippen molar-refractivity contribution in [3.8, 4) is 0 Å². The summed E-state index contributed by atoms with van der Waals surface area (Å²) in [4.78, 5) is 11.8. The molecule has 1 unspecified atom stereocenters. The molecule has 2 heteroatoms. The lowest BCUT2D eigenvalue weighted by Gasteiger charge is -2.18. The molecule has 1 rings (SSSR count). The molecule has 0 saturated heterocycles. The molecule has 1 atom stereocenters. The summed E-state index contributed by atoms with van der Waals surface area (Å²) in [5.74, 6) is 0.0109. The van der Waals surface area contributed by atoms with Crippen LogP contribution in [0.5, 0.6) is 0 Å². The maximum atomic E-state index is 11.8. The number of unbranched alkanes of at least 4 members (excludes halogenated alkanes) is 5. The Hall–Kier alpha value is -0.630. The first-order valence-electron chi connectivity index (χ1n) is 6.62. The third-order valence-corrected chi connectivity index (χ3v) is 3.33. The maximum absolute atomic E-state index is 11.8. The van der Waals surface area contributed by atoms with Gasteiger partial charge in [0.05, 0.1) is 0 Å². The van der Waals surface area contributed by atoms with Crippen molar-refractivity contribution in [3.05, 3.63) is 12.2 Å². The second-order valence-electron chi connectivity index (χ2n) is 4.81. The third-order valence-electron chi connectivity index (χ3n) is 3.33. The van der Waals surface area contributed by atoms with Crippen LogP contribution in [0.15, 0.2) is 12.2 Å². The van der Waals surface area contributed by atoms with Crippen LogP contribution in [0.2, 0.25) is 0 Å². The van der Waals surface area contributed by atoms with Crippen LogP contribution in [0.4, 0.5) is 0 Å². The van der Waals surface area contributed by atoms with E-state index >= 15 is 0 Å². The highest BCUT2D eigenvalue weighted by Gasteiger charge is 2.33. The Kier molecular flexibility index (Phi) is 5.75. The van der Waals surface area contributed by atoms with E-state index in [0.29, 0.717) is 12.8 Å². The largest absolute Gasteiger partial charge is 0.378 e. The molecule has 16 heavy (non-hydrogen) atoms. The van der Waals surface area contributed by atoms with Gasteiger partial charge in [-0.1, -0.05) is 45.1 Å². The summed E-state index contributed by atoms with van der Waals surface area (Å²) < 4.78 is 0. The summed E-state index contributed by atoms with van der Waals surface area (Å²) in [6, 6.07) is 0. The molecule has 1 N–H and O–H groups in total. The lowest BCUT2D eigenvalue weighted by molar-refractivity contribution is -0.133. The van der Waals surface area contributed by atoms with Gasteiger partial charge in [0.2, 0.25) is 0 Å². The van der Waals surface area contributed by atoms with E-state index in [-0.39, 0.29) is 5.78 Å². The average molecular weight is 224 g/mol. The second kappa shape index (κ2) is 6.85. The van der Waals surface area contributed by atoms with Crippen molar-refractivity contribution in [1.82, 2.24) is 0 Å². The lowest BCUT2D eigenvalue weighted by Crippen LogP contribution is -2.34. The molecule has 0 amide bonds. The predicted octanol–water partition coefficient (Wildman–Crippen LogP) is 3.39.